The van der Waals surface area contributed by atoms with Gasteiger partial charge in [-0.2, -0.15) is 0 Å². The summed E-state index contributed by atoms with van der Waals surface area (Å²) in [7, 11) is 4.27. The van der Waals surface area contributed by atoms with E-state index in [4.69, 9.17) is 4.99 Å². The van der Waals surface area contributed by atoms with Crippen molar-refractivity contribution in [2.75, 3.05) is 14.1 Å². The van der Waals surface area contributed by atoms with E-state index in [0.717, 1.165) is 25.9 Å². The molecular weight excluding hydrogens is 368 g/mol. The van der Waals surface area contributed by atoms with Crippen molar-refractivity contribution in [1.29, 1.82) is 0 Å². The van der Waals surface area contributed by atoms with E-state index in [1.807, 2.05) is 0 Å². The Morgan fingerprint density at radius 2 is 1.73 bits per heavy atom. The van der Waals surface area contributed by atoms with E-state index in [1.54, 1.807) is 0 Å². The normalized spacial score (nSPS) is 19.0. The second kappa shape index (κ2) is 8.11. The minimum Gasteiger partial charge on any atom is -0.332 e. The molecule has 0 N–H and O–H groups in total. The molecule has 30 heavy (non-hydrogen) atoms. The molecule has 1 atom stereocenters. The SMILES string of the molecule is CN(C)Cc1cc2ccccc2n1C1N=CC2=C(CCCC2)N1Cc1ccccc1. The van der Waals surface area contributed by atoms with Crippen LogP contribution < -0.4 is 0 Å². The number of para-hydroxylation sites is 1. The van der Waals surface area contributed by atoms with Gasteiger partial charge in [-0.25, -0.2) is 4.99 Å². The molecule has 2 aromatic carbocycles. The first kappa shape index (κ1) is 19.1. The maximum atomic E-state index is 5.14. The quantitative estimate of drug-likeness (QED) is 0.561. The molecule has 1 unspecified atom stereocenters. The number of hydrogen-bond acceptors (Lipinski definition) is 3. The molecule has 0 amide bonds. The molecule has 0 saturated heterocycles. The Morgan fingerprint density at radius 1 is 0.967 bits per heavy atom. The van der Waals surface area contributed by atoms with Crippen LogP contribution in [0.15, 0.2) is 76.9 Å². The number of fused-ring (bicyclic) bond motifs is 1. The van der Waals surface area contributed by atoms with Gasteiger partial charge >= 0.3 is 0 Å². The Morgan fingerprint density at radius 3 is 2.57 bits per heavy atom. The number of aromatic nitrogens is 1. The van der Waals surface area contributed by atoms with Crippen molar-refractivity contribution in [2.45, 2.75) is 45.1 Å². The highest BCUT2D eigenvalue weighted by atomic mass is 15.4. The third-order valence-electron chi connectivity index (χ3n) is 6.20. The summed E-state index contributed by atoms with van der Waals surface area (Å²) < 4.78 is 2.45. The largest absolute Gasteiger partial charge is 0.332 e. The molecule has 154 valence electrons. The van der Waals surface area contributed by atoms with Gasteiger partial charge in [0.25, 0.3) is 0 Å². The van der Waals surface area contributed by atoms with Gasteiger partial charge < -0.3 is 14.4 Å². The lowest BCUT2D eigenvalue weighted by molar-refractivity contribution is 0.168. The van der Waals surface area contributed by atoms with Crippen LogP contribution in [0.5, 0.6) is 0 Å². The van der Waals surface area contributed by atoms with Gasteiger partial charge in [0, 0.05) is 36.1 Å². The lowest BCUT2D eigenvalue weighted by atomic mass is 9.94. The van der Waals surface area contributed by atoms with Crippen LogP contribution in [0.4, 0.5) is 0 Å². The van der Waals surface area contributed by atoms with Crippen molar-refractivity contribution in [3.63, 3.8) is 0 Å². The van der Waals surface area contributed by atoms with E-state index in [1.165, 1.54) is 46.3 Å². The molecule has 5 rings (SSSR count). The Kier molecular flexibility index (Phi) is 5.17. The molecule has 0 radical (unpaired) electrons. The smallest absolute Gasteiger partial charge is 0.203 e. The molecule has 0 saturated carbocycles. The lowest BCUT2D eigenvalue weighted by Crippen LogP contribution is -2.36. The molecule has 0 spiro atoms. The van der Waals surface area contributed by atoms with Gasteiger partial charge in [-0.15, -0.1) is 0 Å². The van der Waals surface area contributed by atoms with Crippen molar-refractivity contribution in [3.05, 3.63) is 83.2 Å². The molecule has 0 bridgehead atoms. The van der Waals surface area contributed by atoms with Gasteiger partial charge in [-0.1, -0.05) is 48.5 Å². The van der Waals surface area contributed by atoms with Crippen LogP contribution in [0.1, 0.15) is 43.2 Å². The number of hydrogen-bond donors (Lipinski definition) is 0. The molecule has 3 aromatic rings. The van der Waals surface area contributed by atoms with Crippen LogP contribution in [0.25, 0.3) is 10.9 Å². The second-order valence-electron chi connectivity index (χ2n) is 8.72. The Hall–Kier alpha value is -2.85. The van der Waals surface area contributed by atoms with E-state index >= 15 is 0 Å². The van der Waals surface area contributed by atoms with Gasteiger partial charge in [-0.3, -0.25) is 0 Å². The van der Waals surface area contributed by atoms with Crippen LogP contribution in [0, 0.1) is 0 Å². The molecule has 2 aliphatic rings. The summed E-state index contributed by atoms with van der Waals surface area (Å²) in [6.07, 6.45) is 6.95. The standard InChI is InChI=1S/C26H30N4/c1-28(2)19-23-16-21-12-6-9-15-25(21)30(23)26-27-17-22-13-7-8-14-24(22)29(26)18-20-10-4-3-5-11-20/h3-6,9-12,15-17,26H,7-8,13-14,18-19H2,1-2H3. The topological polar surface area (TPSA) is 23.8 Å². The molecule has 1 aromatic heterocycles. The summed E-state index contributed by atoms with van der Waals surface area (Å²) >= 11 is 0. The Balaban J connectivity index is 1.63. The summed E-state index contributed by atoms with van der Waals surface area (Å²) in [6, 6.07) is 21.9. The highest BCUT2D eigenvalue weighted by molar-refractivity contribution is 5.83. The van der Waals surface area contributed by atoms with Crippen LogP contribution in [-0.4, -0.2) is 34.7 Å². The number of nitrogens with zero attached hydrogens (tertiary/aromatic N) is 4. The molecule has 4 heteroatoms. The van der Waals surface area contributed by atoms with Gasteiger partial charge in [0.15, 0.2) is 0 Å². The fourth-order valence-electron chi connectivity index (χ4n) is 4.87. The van der Waals surface area contributed by atoms with Gasteiger partial charge in [-0.05, 0) is 63.0 Å². The van der Waals surface area contributed by atoms with Crippen molar-refractivity contribution in [1.82, 2.24) is 14.4 Å². The van der Waals surface area contributed by atoms with Crippen molar-refractivity contribution in [2.24, 2.45) is 4.99 Å². The fraction of sp³-hybridized carbons (Fsp3) is 0.346. The summed E-state index contributed by atoms with van der Waals surface area (Å²) in [6.45, 7) is 1.78. The Labute approximate surface area is 179 Å². The minimum atomic E-state index is -0.0445. The minimum absolute atomic E-state index is 0.0445. The zero-order chi connectivity index (χ0) is 20.5. The summed E-state index contributed by atoms with van der Waals surface area (Å²) in [5.74, 6) is 0. The highest BCUT2D eigenvalue weighted by Crippen LogP contribution is 2.38. The van der Waals surface area contributed by atoms with Crippen molar-refractivity contribution >= 4 is 17.1 Å². The van der Waals surface area contributed by atoms with Crippen LogP contribution >= 0.6 is 0 Å². The average Bonchev–Trinajstić information content (AvgIpc) is 3.12. The lowest BCUT2D eigenvalue weighted by Gasteiger charge is -2.40. The van der Waals surface area contributed by atoms with Gasteiger partial charge in [0.2, 0.25) is 6.29 Å². The molecule has 1 aliphatic heterocycles. The zero-order valence-corrected chi connectivity index (χ0v) is 18.0. The zero-order valence-electron chi connectivity index (χ0n) is 18.0. The van der Waals surface area contributed by atoms with E-state index in [2.05, 4.69) is 95.3 Å². The first-order chi connectivity index (χ1) is 14.7. The predicted octanol–water partition coefficient (Wildman–Crippen LogP) is 5.57. The molecule has 4 nitrogen and oxygen atoms in total. The van der Waals surface area contributed by atoms with Gasteiger partial charge in [0.05, 0.1) is 5.52 Å². The first-order valence-electron chi connectivity index (χ1n) is 11.0. The Bertz CT molecular complexity index is 1090. The summed E-state index contributed by atoms with van der Waals surface area (Å²) in [5, 5.41) is 1.28. The second-order valence-corrected chi connectivity index (χ2v) is 8.72. The van der Waals surface area contributed by atoms with Crippen molar-refractivity contribution in [3.8, 4) is 0 Å². The van der Waals surface area contributed by atoms with Crippen molar-refractivity contribution < 1.29 is 0 Å². The number of allylic oxidation sites excluding steroid dienone is 2. The molecule has 0 fully saturated rings. The average molecular weight is 399 g/mol. The monoisotopic (exact) mass is 398 g/mol. The van der Waals surface area contributed by atoms with E-state index in [-0.39, 0.29) is 6.29 Å². The first-order valence-corrected chi connectivity index (χ1v) is 11.0. The van der Waals surface area contributed by atoms with E-state index in [9.17, 15) is 0 Å². The number of rotatable bonds is 5. The third kappa shape index (κ3) is 3.56. The molecule has 1 aliphatic carbocycles. The van der Waals surface area contributed by atoms with E-state index in [0.29, 0.717) is 0 Å². The fourth-order valence-corrected chi connectivity index (χ4v) is 4.87. The van der Waals surface area contributed by atoms with Crippen LogP contribution in [0.3, 0.4) is 0 Å². The third-order valence-corrected chi connectivity index (χ3v) is 6.20. The number of aliphatic imine (C=N–C) groups is 1. The maximum absolute atomic E-state index is 5.14. The predicted molar refractivity (Wildman–Crippen MR) is 124 cm³/mol. The number of benzene rings is 2. The van der Waals surface area contributed by atoms with Crippen LogP contribution in [0.2, 0.25) is 0 Å². The van der Waals surface area contributed by atoms with Crippen LogP contribution in [-0.2, 0) is 13.1 Å². The molecular formula is C26H30N4. The summed E-state index contributed by atoms with van der Waals surface area (Å²) in [4.78, 5) is 9.93. The molecule has 2 heterocycles. The highest BCUT2D eigenvalue weighted by Gasteiger charge is 2.30. The van der Waals surface area contributed by atoms with Gasteiger partial charge in [0.1, 0.15) is 0 Å². The maximum Gasteiger partial charge on any atom is 0.203 e. The summed E-state index contributed by atoms with van der Waals surface area (Å²) in [5.41, 5.74) is 6.82. The van der Waals surface area contributed by atoms with E-state index < -0.39 is 0 Å².